The van der Waals surface area contributed by atoms with Crippen LogP contribution in [0, 0.1) is 0 Å². The molecule has 1 aromatic heterocycles. The van der Waals surface area contributed by atoms with E-state index < -0.39 is 0 Å². The third-order valence-corrected chi connectivity index (χ3v) is 10.2. The molecule has 0 fully saturated rings. The van der Waals surface area contributed by atoms with Crippen LogP contribution in [0.3, 0.4) is 0 Å². The summed E-state index contributed by atoms with van der Waals surface area (Å²) in [5, 5.41) is 1.07. The standard InChI is InChI=1S/C50H35N3O/c1-5-15-40(16-6-1)51(41-17-7-2-8-18-41)44-32-29-37(30-33-44)36-25-27-38(28-26-36)39-31-34-47-48(35-39)54-49-45-23-13-14-24-46(45)52(42-19-9-3-10-20-42)50(49)53(47)43-21-11-4-12-22-43/h1-35H. The molecule has 2 heterocycles. The second kappa shape index (κ2) is 13.4. The average molecular weight is 694 g/mol. The minimum atomic E-state index is 0.820. The van der Waals surface area contributed by atoms with Gasteiger partial charge in [0.2, 0.25) is 0 Å². The number of anilines is 6. The lowest BCUT2D eigenvalue weighted by molar-refractivity contribution is 0.481. The Morgan fingerprint density at radius 2 is 0.852 bits per heavy atom. The van der Waals surface area contributed by atoms with E-state index in [0.29, 0.717) is 0 Å². The van der Waals surface area contributed by atoms with Crippen molar-refractivity contribution < 1.29 is 4.74 Å². The van der Waals surface area contributed by atoms with E-state index in [1.165, 1.54) is 11.1 Å². The average Bonchev–Trinajstić information content (AvgIpc) is 3.58. The molecule has 10 rings (SSSR count). The highest BCUT2D eigenvalue weighted by Crippen LogP contribution is 2.55. The molecular weight excluding hydrogens is 659 g/mol. The summed E-state index contributed by atoms with van der Waals surface area (Å²) in [6.07, 6.45) is 0. The number of nitrogens with zero attached hydrogens (tertiary/aromatic N) is 3. The summed E-state index contributed by atoms with van der Waals surface area (Å²) >= 11 is 0. The number of rotatable bonds is 7. The lowest BCUT2D eigenvalue weighted by Gasteiger charge is -2.33. The number of hydrogen-bond donors (Lipinski definition) is 0. The molecule has 9 aromatic rings. The number of benzene rings is 8. The Hall–Kier alpha value is -7.30. The van der Waals surface area contributed by atoms with Crippen LogP contribution in [0.2, 0.25) is 0 Å². The van der Waals surface area contributed by atoms with Crippen LogP contribution in [0.25, 0.3) is 38.8 Å². The molecule has 0 spiro atoms. The number of fused-ring (bicyclic) bond motifs is 4. The van der Waals surface area contributed by atoms with Crippen LogP contribution in [0.1, 0.15) is 0 Å². The van der Waals surface area contributed by atoms with E-state index in [9.17, 15) is 0 Å². The van der Waals surface area contributed by atoms with Crippen LogP contribution in [0.4, 0.5) is 34.3 Å². The van der Waals surface area contributed by atoms with Crippen molar-refractivity contribution >= 4 is 45.2 Å². The van der Waals surface area contributed by atoms with Crippen molar-refractivity contribution in [3.63, 3.8) is 0 Å². The molecule has 0 N–H and O–H groups in total. The second-order valence-electron chi connectivity index (χ2n) is 13.4. The lowest BCUT2D eigenvalue weighted by Crippen LogP contribution is -2.18. The molecule has 0 atom stereocenters. The molecule has 1 aliphatic heterocycles. The van der Waals surface area contributed by atoms with Gasteiger partial charge in [0.05, 0.1) is 11.2 Å². The Labute approximate surface area is 315 Å². The van der Waals surface area contributed by atoms with Crippen LogP contribution in [-0.4, -0.2) is 4.57 Å². The first-order valence-electron chi connectivity index (χ1n) is 18.3. The van der Waals surface area contributed by atoms with Crippen LogP contribution >= 0.6 is 0 Å². The van der Waals surface area contributed by atoms with Crippen LogP contribution < -0.4 is 14.5 Å². The van der Waals surface area contributed by atoms with Crippen LogP contribution in [0.15, 0.2) is 212 Å². The summed E-state index contributed by atoms with van der Waals surface area (Å²) in [6.45, 7) is 0. The van der Waals surface area contributed by atoms with Crippen molar-refractivity contribution in [3.05, 3.63) is 212 Å². The van der Waals surface area contributed by atoms with Crippen LogP contribution in [0.5, 0.6) is 11.5 Å². The summed E-state index contributed by atoms with van der Waals surface area (Å²) in [7, 11) is 0. The quantitative estimate of drug-likeness (QED) is 0.166. The topological polar surface area (TPSA) is 20.6 Å². The zero-order valence-corrected chi connectivity index (χ0v) is 29.5. The highest BCUT2D eigenvalue weighted by atomic mass is 16.5. The van der Waals surface area contributed by atoms with Crippen molar-refractivity contribution in [1.82, 2.24) is 4.57 Å². The fourth-order valence-electron chi connectivity index (χ4n) is 7.62. The highest BCUT2D eigenvalue weighted by Gasteiger charge is 2.33. The zero-order chi connectivity index (χ0) is 35.8. The summed E-state index contributed by atoms with van der Waals surface area (Å²) in [6, 6.07) is 74.8. The van der Waals surface area contributed by atoms with E-state index >= 15 is 0 Å². The molecule has 54 heavy (non-hydrogen) atoms. The van der Waals surface area contributed by atoms with Gasteiger partial charge in [0.1, 0.15) is 0 Å². The summed E-state index contributed by atoms with van der Waals surface area (Å²) in [4.78, 5) is 4.61. The Bertz CT molecular complexity index is 2670. The number of aromatic nitrogens is 1. The van der Waals surface area contributed by atoms with Crippen molar-refractivity contribution in [2.45, 2.75) is 0 Å². The zero-order valence-electron chi connectivity index (χ0n) is 29.5. The van der Waals surface area contributed by atoms with Gasteiger partial charge in [0, 0.05) is 33.8 Å². The first kappa shape index (κ1) is 31.4. The number of ether oxygens (including phenoxy) is 1. The SMILES string of the molecule is c1ccc(N(c2ccccc2)c2ccc(-c3ccc(-c4ccc5c(c4)Oc4c(n(-c6ccccc6)c6ccccc46)N5c4ccccc4)cc3)cc2)cc1. The van der Waals surface area contributed by atoms with Gasteiger partial charge in [-0.15, -0.1) is 0 Å². The molecule has 0 unspecified atom stereocenters. The Kier molecular flexibility index (Phi) is 7.77. The molecule has 256 valence electrons. The van der Waals surface area contributed by atoms with Crippen molar-refractivity contribution in [3.8, 4) is 39.4 Å². The van der Waals surface area contributed by atoms with Crippen molar-refractivity contribution in [2.24, 2.45) is 0 Å². The van der Waals surface area contributed by atoms with Gasteiger partial charge in [0.25, 0.3) is 0 Å². The minimum Gasteiger partial charge on any atom is -0.451 e. The van der Waals surface area contributed by atoms with E-state index in [-0.39, 0.29) is 0 Å². The van der Waals surface area contributed by atoms with Gasteiger partial charge in [-0.1, -0.05) is 127 Å². The van der Waals surface area contributed by atoms with Crippen molar-refractivity contribution in [1.29, 1.82) is 0 Å². The predicted molar refractivity (Wildman–Crippen MR) is 224 cm³/mol. The molecule has 0 radical (unpaired) electrons. The second-order valence-corrected chi connectivity index (χ2v) is 13.4. The van der Waals surface area contributed by atoms with Crippen molar-refractivity contribution in [2.75, 3.05) is 9.80 Å². The molecule has 4 heteroatoms. The first-order chi connectivity index (χ1) is 26.8. The smallest absolute Gasteiger partial charge is 0.178 e. The maximum Gasteiger partial charge on any atom is 0.178 e. The van der Waals surface area contributed by atoms with E-state index in [1.807, 2.05) is 0 Å². The Balaban J connectivity index is 0.998. The third kappa shape index (κ3) is 5.49. The van der Waals surface area contributed by atoms with Gasteiger partial charge >= 0.3 is 0 Å². The van der Waals surface area contributed by atoms with E-state index in [4.69, 9.17) is 4.74 Å². The van der Waals surface area contributed by atoms with Gasteiger partial charge in [-0.3, -0.25) is 9.47 Å². The van der Waals surface area contributed by atoms with E-state index in [2.05, 4.69) is 227 Å². The van der Waals surface area contributed by atoms with Gasteiger partial charge in [-0.2, -0.15) is 0 Å². The predicted octanol–water partition coefficient (Wildman–Crippen LogP) is 14.0. The molecule has 0 amide bonds. The molecule has 0 bridgehead atoms. The summed E-state index contributed by atoms with van der Waals surface area (Å²) in [5.41, 5.74) is 12.2. The molecular formula is C50H35N3O. The number of hydrogen-bond acceptors (Lipinski definition) is 3. The monoisotopic (exact) mass is 693 g/mol. The molecule has 0 saturated heterocycles. The van der Waals surface area contributed by atoms with Gasteiger partial charge in [0.15, 0.2) is 17.3 Å². The maximum absolute atomic E-state index is 6.93. The lowest BCUT2D eigenvalue weighted by atomic mass is 9.99. The largest absolute Gasteiger partial charge is 0.451 e. The van der Waals surface area contributed by atoms with E-state index in [1.54, 1.807) is 0 Å². The van der Waals surface area contributed by atoms with Gasteiger partial charge in [-0.05, 0) is 107 Å². The molecule has 4 nitrogen and oxygen atoms in total. The maximum atomic E-state index is 6.93. The molecule has 0 aliphatic carbocycles. The summed E-state index contributed by atoms with van der Waals surface area (Å²) in [5.74, 6) is 2.65. The molecule has 8 aromatic carbocycles. The summed E-state index contributed by atoms with van der Waals surface area (Å²) < 4.78 is 9.23. The minimum absolute atomic E-state index is 0.820. The normalized spacial score (nSPS) is 11.8. The number of para-hydroxylation sites is 5. The molecule has 1 aliphatic rings. The highest BCUT2D eigenvalue weighted by molar-refractivity contribution is 6.01. The fraction of sp³-hybridized carbons (Fsp3) is 0. The third-order valence-electron chi connectivity index (χ3n) is 10.2. The first-order valence-corrected chi connectivity index (χ1v) is 18.3. The van der Waals surface area contributed by atoms with Gasteiger partial charge in [-0.25, -0.2) is 0 Å². The Morgan fingerprint density at radius 3 is 1.46 bits per heavy atom. The van der Waals surface area contributed by atoms with Gasteiger partial charge < -0.3 is 9.64 Å². The Morgan fingerprint density at radius 1 is 0.389 bits per heavy atom. The van der Waals surface area contributed by atoms with E-state index in [0.717, 1.165) is 73.5 Å². The fourth-order valence-corrected chi connectivity index (χ4v) is 7.62. The molecule has 0 saturated carbocycles. The van der Waals surface area contributed by atoms with Crippen LogP contribution in [-0.2, 0) is 0 Å².